The Morgan fingerprint density at radius 2 is 1.48 bits per heavy atom. The van der Waals surface area contributed by atoms with E-state index in [2.05, 4.69) is 13.8 Å². The molecule has 0 spiro atoms. The van der Waals surface area contributed by atoms with Gasteiger partial charge in [0.15, 0.2) is 0 Å². The van der Waals surface area contributed by atoms with Crippen LogP contribution in [0.5, 0.6) is 0 Å². The Kier molecular flexibility index (Phi) is 5.36. The SMILES string of the molecule is CC(C)(CC(=O)N1CCC(C(=O)O)(c2ccccc2)CC1)c1ccccc1. The summed E-state index contributed by atoms with van der Waals surface area (Å²) in [7, 11) is 0. The van der Waals surface area contributed by atoms with E-state index in [0.29, 0.717) is 32.4 Å². The van der Waals surface area contributed by atoms with E-state index in [1.54, 1.807) is 0 Å². The van der Waals surface area contributed by atoms with Crippen LogP contribution in [0.25, 0.3) is 0 Å². The zero-order valence-electron chi connectivity index (χ0n) is 16.0. The molecular formula is C23H27NO3. The van der Waals surface area contributed by atoms with Gasteiger partial charge in [0.2, 0.25) is 5.91 Å². The number of carbonyl (C=O) groups excluding carboxylic acids is 1. The predicted octanol–water partition coefficient (Wildman–Crippen LogP) is 4.00. The highest BCUT2D eigenvalue weighted by atomic mass is 16.4. The van der Waals surface area contributed by atoms with Gasteiger partial charge in [-0.1, -0.05) is 74.5 Å². The number of carboxylic acid groups (broad SMARTS) is 1. The summed E-state index contributed by atoms with van der Waals surface area (Å²) in [5.74, 6) is -0.707. The van der Waals surface area contributed by atoms with Gasteiger partial charge in [0.1, 0.15) is 0 Å². The Labute approximate surface area is 160 Å². The number of carboxylic acids is 1. The van der Waals surface area contributed by atoms with Crippen molar-refractivity contribution in [3.05, 3.63) is 71.8 Å². The summed E-state index contributed by atoms with van der Waals surface area (Å²) in [6.07, 6.45) is 1.32. The van der Waals surface area contributed by atoms with Gasteiger partial charge in [0.25, 0.3) is 0 Å². The van der Waals surface area contributed by atoms with Crippen LogP contribution >= 0.6 is 0 Å². The molecule has 1 aliphatic rings. The van der Waals surface area contributed by atoms with Gasteiger partial charge < -0.3 is 10.0 Å². The lowest BCUT2D eigenvalue weighted by molar-refractivity contribution is -0.148. The van der Waals surface area contributed by atoms with Gasteiger partial charge in [-0.15, -0.1) is 0 Å². The topological polar surface area (TPSA) is 57.6 Å². The Morgan fingerprint density at radius 1 is 0.963 bits per heavy atom. The molecular weight excluding hydrogens is 338 g/mol. The maximum Gasteiger partial charge on any atom is 0.314 e. The average molecular weight is 365 g/mol. The Hall–Kier alpha value is -2.62. The van der Waals surface area contributed by atoms with Crippen molar-refractivity contribution >= 4 is 11.9 Å². The first-order valence-electron chi connectivity index (χ1n) is 9.47. The maximum absolute atomic E-state index is 12.9. The van der Waals surface area contributed by atoms with Crippen molar-refractivity contribution in [2.45, 2.75) is 43.9 Å². The number of amides is 1. The standard InChI is InChI=1S/C23H27NO3/c1-22(2,18-9-5-3-6-10-18)17-20(25)24-15-13-23(14-16-24,21(26)27)19-11-7-4-8-12-19/h3-12H,13-17H2,1-2H3,(H,26,27). The van der Waals surface area contributed by atoms with E-state index in [1.165, 1.54) is 0 Å². The van der Waals surface area contributed by atoms with Gasteiger partial charge in [-0.2, -0.15) is 0 Å². The largest absolute Gasteiger partial charge is 0.481 e. The number of likely N-dealkylation sites (tertiary alicyclic amines) is 1. The fourth-order valence-corrected chi connectivity index (χ4v) is 4.00. The number of aliphatic carboxylic acids is 1. The number of hydrogen-bond donors (Lipinski definition) is 1. The third-order valence-corrected chi connectivity index (χ3v) is 5.85. The predicted molar refractivity (Wildman–Crippen MR) is 106 cm³/mol. The molecule has 0 saturated carbocycles. The second-order valence-electron chi connectivity index (χ2n) is 8.06. The summed E-state index contributed by atoms with van der Waals surface area (Å²) in [5.41, 5.74) is 0.820. The van der Waals surface area contributed by atoms with Crippen molar-refractivity contribution in [2.24, 2.45) is 0 Å². The minimum absolute atomic E-state index is 0.0934. The van der Waals surface area contributed by atoms with Crippen LogP contribution in [0.2, 0.25) is 0 Å². The molecule has 2 aromatic carbocycles. The number of nitrogens with zero attached hydrogens (tertiary/aromatic N) is 1. The van der Waals surface area contributed by atoms with E-state index < -0.39 is 11.4 Å². The molecule has 0 aliphatic carbocycles. The van der Waals surface area contributed by atoms with Gasteiger partial charge >= 0.3 is 5.97 Å². The molecule has 1 saturated heterocycles. The molecule has 0 aromatic heterocycles. The number of hydrogen-bond acceptors (Lipinski definition) is 2. The highest BCUT2D eigenvalue weighted by Gasteiger charge is 2.44. The summed E-state index contributed by atoms with van der Waals surface area (Å²) in [5, 5.41) is 9.90. The number of piperidine rings is 1. The summed E-state index contributed by atoms with van der Waals surface area (Å²) in [6.45, 7) is 5.11. The molecule has 0 radical (unpaired) electrons. The van der Waals surface area contributed by atoms with E-state index in [4.69, 9.17) is 0 Å². The number of carbonyl (C=O) groups is 2. The van der Waals surface area contributed by atoms with Crippen molar-refractivity contribution < 1.29 is 14.7 Å². The molecule has 0 atom stereocenters. The molecule has 27 heavy (non-hydrogen) atoms. The highest BCUT2D eigenvalue weighted by molar-refractivity contribution is 5.83. The summed E-state index contributed by atoms with van der Waals surface area (Å²) < 4.78 is 0. The third kappa shape index (κ3) is 3.90. The maximum atomic E-state index is 12.9. The number of rotatable bonds is 5. The molecule has 142 valence electrons. The molecule has 1 heterocycles. The summed E-state index contributed by atoms with van der Waals surface area (Å²) >= 11 is 0. The van der Waals surface area contributed by atoms with E-state index in [0.717, 1.165) is 11.1 Å². The monoisotopic (exact) mass is 365 g/mol. The quantitative estimate of drug-likeness (QED) is 0.871. The lowest BCUT2D eigenvalue weighted by Gasteiger charge is -2.40. The molecule has 1 fully saturated rings. The first-order chi connectivity index (χ1) is 12.8. The molecule has 1 aliphatic heterocycles. The van der Waals surface area contributed by atoms with Crippen LogP contribution in [-0.2, 0) is 20.4 Å². The third-order valence-electron chi connectivity index (χ3n) is 5.85. The Bertz CT molecular complexity index is 791. The van der Waals surface area contributed by atoms with Gasteiger partial charge in [-0.05, 0) is 29.4 Å². The fourth-order valence-electron chi connectivity index (χ4n) is 4.00. The zero-order valence-corrected chi connectivity index (χ0v) is 16.0. The minimum Gasteiger partial charge on any atom is -0.481 e. The lowest BCUT2D eigenvalue weighted by atomic mass is 9.72. The first kappa shape index (κ1) is 19.2. The van der Waals surface area contributed by atoms with Gasteiger partial charge in [0, 0.05) is 19.5 Å². The van der Waals surface area contributed by atoms with Crippen molar-refractivity contribution in [3.8, 4) is 0 Å². The molecule has 3 rings (SSSR count). The van der Waals surface area contributed by atoms with E-state index >= 15 is 0 Å². The van der Waals surface area contributed by atoms with Gasteiger partial charge in [0.05, 0.1) is 5.41 Å². The van der Waals surface area contributed by atoms with Crippen molar-refractivity contribution in [2.75, 3.05) is 13.1 Å². The Balaban J connectivity index is 1.69. The van der Waals surface area contributed by atoms with Crippen molar-refractivity contribution in [1.29, 1.82) is 0 Å². The molecule has 0 unspecified atom stereocenters. The highest BCUT2D eigenvalue weighted by Crippen LogP contribution is 2.37. The van der Waals surface area contributed by atoms with Crippen LogP contribution < -0.4 is 0 Å². The Morgan fingerprint density at radius 3 is 2.00 bits per heavy atom. The molecule has 4 nitrogen and oxygen atoms in total. The molecule has 4 heteroatoms. The van der Waals surface area contributed by atoms with E-state index in [-0.39, 0.29) is 11.3 Å². The van der Waals surface area contributed by atoms with Crippen LogP contribution in [0.1, 0.15) is 44.2 Å². The van der Waals surface area contributed by atoms with Crippen LogP contribution in [0.4, 0.5) is 0 Å². The number of benzene rings is 2. The van der Waals surface area contributed by atoms with E-state index in [1.807, 2.05) is 65.6 Å². The summed E-state index contributed by atoms with van der Waals surface area (Å²) in [6, 6.07) is 19.5. The zero-order chi connectivity index (χ0) is 19.5. The normalized spacial score (nSPS) is 16.7. The van der Waals surface area contributed by atoms with Crippen molar-refractivity contribution in [1.82, 2.24) is 4.90 Å². The second-order valence-corrected chi connectivity index (χ2v) is 8.06. The fraction of sp³-hybridized carbons (Fsp3) is 0.391. The van der Waals surface area contributed by atoms with Crippen LogP contribution in [0.15, 0.2) is 60.7 Å². The molecule has 1 amide bonds. The molecule has 0 bridgehead atoms. The van der Waals surface area contributed by atoms with Crippen LogP contribution in [0.3, 0.4) is 0 Å². The first-order valence-corrected chi connectivity index (χ1v) is 9.47. The molecule has 1 N–H and O–H groups in total. The average Bonchev–Trinajstić information content (AvgIpc) is 2.69. The second kappa shape index (κ2) is 7.55. The minimum atomic E-state index is -0.896. The van der Waals surface area contributed by atoms with Gasteiger partial charge in [-0.3, -0.25) is 9.59 Å². The van der Waals surface area contributed by atoms with E-state index in [9.17, 15) is 14.7 Å². The van der Waals surface area contributed by atoms with Gasteiger partial charge in [-0.25, -0.2) is 0 Å². The van der Waals surface area contributed by atoms with Crippen molar-refractivity contribution in [3.63, 3.8) is 0 Å². The summed E-state index contributed by atoms with van der Waals surface area (Å²) in [4.78, 5) is 26.8. The van der Waals surface area contributed by atoms with Crippen LogP contribution in [0, 0.1) is 0 Å². The van der Waals surface area contributed by atoms with Crippen LogP contribution in [-0.4, -0.2) is 35.0 Å². The smallest absolute Gasteiger partial charge is 0.314 e. The lowest BCUT2D eigenvalue weighted by Crippen LogP contribution is -2.49. The molecule has 2 aromatic rings.